The van der Waals surface area contributed by atoms with E-state index in [4.69, 9.17) is 42.6 Å². The number of aliphatic hydroxyl groups excluding tert-OH is 4. The second-order valence-electron chi connectivity index (χ2n) is 13.4. The van der Waals surface area contributed by atoms with Crippen LogP contribution in [0, 0.1) is 11.8 Å². The summed E-state index contributed by atoms with van der Waals surface area (Å²) in [5, 5.41) is 63.4. The molecule has 0 spiro atoms. The Balaban J connectivity index is 1.17. The summed E-state index contributed by atoms with van der Waals surface area (Å²) in [5.74, 6) is 0.803. The lowest BCUT2D eigenvalue weighted by Gasteiger charge is -2.35. The van der Waals surface area contributed by atoms with Crippen LogP contribution in [-0.2, 0) is 4.74 Å². The zero-order chi connectivity index (χ0) is 39.0. The van der Waals surface area contributed by atoms with E-state index >= 15 is 0 Å². The van der Waals surface area contributed by atoms with Crippen molar-refractivity contribution in [3.05, 3.63) is 82.9 Å². The Hall–Kier alpha value is -5.32. The fourth-order valence-corrected chi connectivity index (χ4v) is 7.50. The molecule has 7 rings (SSSR count). The zero-order valence-electron chi connectivity index (χ0n) is 30.6. The molecule has 0 bridgehead atoms. The Labute approximate surface area is 316 Å². The van der Waals surface area contributed by atoms with E-state index < -0.39 is 55.1 Å². The molecule has 0 aliphatic carbocycles. The molecule has 3 heterocycles. The number of hydrogen-bond acceptors (Lipinski definition) is 15. The van der Waals surface area contributed by atoms with Gasteiger partial charge in [-0.1, -0.05) is 12.1 Å². The van der Waals surface area contributed by atoms with Gasteiger partial charge in [0.15, 0.2) is 70.4 Å². The van der Waals surface area contributed by atoms with Gasteiger partial charge in [0, 0.05) is 29.6 Å². The fraction of sp³-hybridized carbons (Fsp3) is 0.400. The number of rotatable bonds is 12. The molecule has 3 aliphatic heterocycles. The van der Waals surface area contributed by atoms with Gasteiger partial charge in [-0.25, -0.2) is 0 Å². The minimum absolute atomic E-state index is 0.0533. The Morgan fingerprint density at radius 3 is 1.56 bits per heavy atom. The van der Waals surface area contributed by atoms with Crippen molar-refractivity contribution < 1.29 is 73.3 Å². The standard InChI is InChI=1S/C40H44O15/c1-47-27-9-19(5-7-25(27)44)37-33(16-42)54-39-29(49-3)11-21(12-31(39)52-37)35(46)24-18-51-36(23(24)15-41)22-13-30(50-4)40-32(14-22)53-38(34(17-43)55-40)20-6-8-26(45)28(10-20)48-2/h5-14,23-24,33-38,41-46H,15-18H2,1-4H3. The van der Waals surface area contributed by atoms with Crippen molar-refractivity contribution in [2.75, 3.05) is 54.9 Å². The maximum absolute atomic E-state index is 11.9. The maximum Gasteiger partial charge on any atom is 0.204 e. The number of methoxy groups -OCH3 is 4. The molecule has 1 saturated heterocycles. The van der Waals surface area contributed by atoms with E-state index in [1.54, 1.807) is 48.5 Å². The second-order valence-corrected chi connectivity index (χ2v) is 13.4. The van der Waals surface area contributed by atoms with Gasteiger partial charge in [-0.15, -0.1) is 0 Å². The SMILES string of the molecule is COc1cc(C2Oc3cc(C(O)C4COC(c5cc(OC)c6c(c5)OC(c5ccc(O)c(OC)c5)C(CO)O6)C4CO)cc(OC)c3OC2CO)ccc1O. The molecule has 0 amide bonds. The molecule has 1 fully saturated rings. The van der Waals surface area contributed by atoms with Crippen LogP contribution in [0.15, 0.2) is 60.7 Å². The van der Waals surface area contributed by atoms with Crippen LogP contribution in [0.4, 0.5) is 0 Å². The Kier molecular flexibility index (Phi) is 10.9. The molecule has 0 aromatic heterocycles. The topological polar surface area (TPSA) is 204 Å². The molecule has 0 saturated carbocycles. The fourth-order valence-electron chi connectivity index (χ4n) is 7.50. The van der Waals surface area contributed by atoms with Crippen molar-refractivity contribution in [3.8, 4) is 57.5 Å². The molecule has 15 nitrogen and oxygen atoms in total. The van der Waals surface area contributed by atoms with E-state index in [1.165, 1.54) is 40.6 Å². The third-order valence-corrected chi connectivity index (χ3v) is 10.4. The lowest BCUT2D eigenvalue weighted by atomic mass is 9.82. The Morgan fingerprint density at radius 2 is 1.07 bits per heavy atom. The van der Waals surface area contributed by atoms with Crippen LogP contribution < -0.4 is 37.9 Å². The number of ether oxygens (including phenoxy) is 9. The smallest absolute Gasteiger partial charge is 0.204 e. The molecule has 8 atom stereocenters. The van der Waals surface area contributed by atoms with Gasteiger partial charge in [0.2, 0.25) is 11.5 Å². The van der Waals surface area contributed by atoms with Crippen LogP contribution in [-0.4, -0.2) is 97.7 Å². The van der Waals surface area contributed by atoms with Gasteiger partial charge in [-0.2, -0.15) is 0 Å². The van der Waals surface area contributed by atoms with Crippen molar-refractivity contribution >= 4 is 0 Å². The number of aliphatic hydroxyl groups is 4. The van der Waals surface area contributed by atoms with Crippen LogP contribution in [0.25, 0.3) is 0 Å². The molecular weight excluding hydrogens is 720 g/mol. The van der Waals surface area contributed by atoms with Crippen molar-refractivity contribution in [3.63, 3.8) is 0 Å². The van der Waals surface area contributed by atoms with E-state index in [1.807, 2.05) is 0 Å². The van der Waals surface area contributed by atoms with Crippen LogP contribution in [0.2, 0.25) is 0 Å². The molecule has 3 aliphatic rings. The van der Waals surface area contributed by atoms with E-state index in [0.717, 1.165) is 0 Å². The average Bonchev–Trinajstić information content (AvgIpc) is 3.66. The van der Waals surface area contributed by atoms with Gasteiger partial charge in [0.25, 0.3) is 0 Å². The van der Waals surface area contributed by atoms with E-state index in [2.05, 4.69) is 0 Å². The molecule has 4 aromatic rings. The van der Waals surface area contributed by atoms with Crippen molar-refractivity contribution in [1.82, 2.24) is 0 Å². The zero-order valence-corrected chi connectivity index (χ0v) is 30.6. The number of fused-ring (bicyclic) bond motifs is 2. The quantitative estimate of drug-likeness (QED) is 0.121. The number of phenols is 2. The summed E-state index contributed by atoms with van der Waals surface area (Å²) in [6, 6.07) is 16.1. The van der Waals surface area contributed by atoms with Crippen LogP contribution in [0.5, 0.6) is 57.5 Å². The highest BCUT2D eigenvalue weighted by Gasteiger charge is 2.45. The van der Waals surface area contributed by atoms with Gasteiger partial charge in [-0.3, -0.25) is 0 Å². The largest absolute Gasteiger partial charge is 0.504 e. The number of benzene rings is 4. The van der Waals surface area contributed by atoms with Gasteiger partial charge < -0.3 is 73.3 Å². The van der Waals surface area contributed by atoms with Crippen molar-refractivity contribution in [2.24, 2.45) is 11.8 Å². The molecule has 0 radical (unpaired) electrons. The summed E-state index contributed by atoms with van der Waals surface area (Å²) in [7, 11) is 5.78. The average molecular weight is 765 g/mol. The van der Waals surface area contributed by atoms with Crippen molar-refractivity contribution in [1.29, 1.82) is 0 Å². The number of phenolic OH excluding ortho intramolecular Hbond substituents is 2. The van der Waals surface area contributed by atoms with Crippen LogP contribution in [0.1, 0.15) is 46.7 Å². The predicted octanol–water partition coefficient (Wildman–Crippen LogP) is 3.91. The summed E-state index contributed by atoms with van der Waals surface area (Å²) >= 11 is 0. The first-order valence-electron chi connectivity index (χ1n) is 17.6. The predicted molar refractivity (Wildman–Crippen MR) is 193 cm³/mol. The highest BCUT2D eigenvalue weighted by Crippen LogP contribution is 2.53. The number of hydrogen-bond donors (Lipinski definition) is 6. The molecule has 4 aromatic carbocycles. The summed E-state index contributed by atoms with van der Waals surface area (Å²) in [6.45, 7) is -1.03. The summed E-state index contributed by atoms with van der Waals surface area (Å²) < 4.78 is 53.3. The highest BCUT2D eigenvalue weighted by molar-refractivity contribution is 5.58. The van der Waals surface area contributed by atoms with E-state index in [0.29, 0.717) is 33.8 Å². The monoisotopic (exact) mass is 764 g/mol. The first kappa shape index (κ1) is 38.0. The van der Waals surface area contributed by atoms with E-state index in [-0.39, 0.29) is 65.8 Å². The van der Waals surface area contributed by atoms with Gasteiger partial charge in [0.1, 0.15) is 0 Å². The number of aromatic hydroxyl groups is 2. The maximum atomic E-state index is 11.9. The van der Waals surface area contributed by atoms with Gasteiger partial charge in [0.05, 0.1) is 60.5 Å². The molecular formula is C40H44O15. The highest BCUT2D eigenvalue weighted by atomic mass is 16.6. The minimum Gasteiger partial charge on any atom is -0.504 e. The first-order chi connectivity index (χ1) is 26.7. The Morgan fingerprint density at radius 1 is 0.582 bits per heavy atom. The molecule has 55 heavy (non-hydrogen) atoms. The lowest BCUT2D eigenvalue weighted by molar-refractivity contribution is -0.0147. The summed E-state index contributed by atoms with van der Waals surface area (Å²) in [6.07, 6.45) is -5.09. The third kappa shape index (κ3) is 6.93. The molecule has 294 valence electrons. The summed E-state index contributed by atoms with van der Waals surface area (Å²) in [4.78, 5) is 0. The van der Waals surface area contributed by atoms with Crippen LogP contribution in [0.3, 0.4) is 0 Å². The third-order valence-electron chi connectivity index (χ3n) is 10.4. The van der Waals surface area contributed by atoms with Crippen LogP contribution >= 0.6 is 0 Å². The Bertz CT molecular complexity index is 2000. The second kappa shape index (κ2) is 15.8. The molecule has 8 unspecified atom stereocenters. The van der Waals surface area contributed by atoms with Gasteiger partial charge in [-0.05, 0) is 59.7 Å². The summed E-state index contributed by atoms with van der Waals surface area (Å²) in [5.41, 5.74) is 2.18. The molecule has 6 N–H and O–H groups in total. The lowest BCUT2D eigenvalue weighted by Crippen LogP contribution is -2.36. The van der Waals surface area contributed by atoms with Crippen molar-refractivity contribution in [2.45, 2.75) is 36.6 Å². The first-order valence-corrected chi connectivity index (χ1v) is 17.6. The van der Waals surface area contributed by atoms with E-state index in [9.17, 15) is 30.6 Å². The van der Waals surface area contributed by atoms with Gasteiger partial charge >= 0.3 is 0 Å². The molecule has 15 heteroatoms. The minimum atomic E-state index is -1.16. The normalized spacial score (nSPS) is 24.5.